The van der Waals surface area contributed by atoms with E-state index >= 15 is 0 Å². The largest absolute Gasteiger partial charge is 0.329 e. The van der Waals surface area contributed by atoms with E-state index in [0.717, 1.165) is 18.4 Å². The first kappa shape index (κ1) is 14.0. The minimum absolute atomic E-state index is 0.243. The molecule has 0 amide bonds. The standard InChI is InChI=1S/C15H26N2S/c1-10-7-11(10)9-17-12(8-16)13-5-6-14(18-13)15(2,3)4/h5-6,10-12,17H,7-9,16H2,1-4H3. The fourth-order valence-electron chi connectivity index (χ4n) is 2.22. The number of nitrogens with one attached hydrogen (secondary N) is 1. The summed E-state index contributed by atoms with van der Waals surface area (Å²) in [7, 11) is 0. The Morgan fingerprint density at radius 2 is 2.11 bits per heavy atom. The number of hydrogen-bond acceptors (Lipinski definition) is 3. The average molecular weight is 266 g/mol. The quantitative estimate of drug-likeness (QED) is 0.858. The van der Waals surface area contributed by atoms with Gasteiger partial charge >= 0.3 is 0 Å². The Morgan fingerprint density at radius 3 is 2.56 bits per heavy atom. The zero-order valence-electron chi connectivity index (χ0n) is 12.0. The van der Waals surface area contributed by atoms with Crippen LogP contribution < -0.4 is 11.1 Å². The van der Waals surface area contributed by atoms with Crippen LogP contribution in [-0.4, -0.2) is 13.1 Å². The Labute approximate surface area is 115 Å². The summed E-state index contributed by atoms with van der Waals surface area (Å²) in [6, 6.07) is 4.83. The molecule has 0 aromatic carbocycles. The molecule has 0 radical (unpaired) electrons. The normalized spacial score (nSPS) is 25.2. The summed E-state index contributed by atoms with van der Waals surface area (Å²) in [4.78, 5) is 2.83. The fourth-order valence-corrected chi connectivity index (χ4v) is 3.37. The number of nitrogens with two attached hydrogens (primary N) is 1. The molecule has 3 N–H and O–H groups in total. The van der Waals surface area contributed by atoms with Crippen molar-refractivity contribution in [2.45, 2.75) is 45.6 Å². The third-order valence-electron chi connectivity index (χ3n) is 3.85. The first-order chi connectivity index (χ1) is 8.41. The van der Waals surface area contributed by atoms with Crippen LogP contribution >= 0.6 is 11.3 Å². The van der Waals surface area contributed by atoms with E-state index in [2.05, 4.69) is 45.1 Å². The van der Waals surface area contributed by atoms with Gasteiger partial charge in [-0.2, -0.15) is 0 Å². The molecule has 18 heavy (non-hydrogen) atoms. The van der Waals surface area contributed by atoms with Crippen LogP contribution in [0, 0.1) is 11.8 Å². The van der Waals surface area contributed by atoms with Gasteiger partial charge in [0, 0.05) is 16.3 Å². The zero-order valence-corrected chi connectivity index (χ0v) is 12.8. The van der Waals surface area contributed by atoms with E-state index in [9.17, 15) is 0 Å². The van der Waals surface area contributed by atoms with Crippen molar-refractivity contribution in [1.82, 2.24) is 5.32 Å². The highest BCUT2D eigenvalue weighted by Crippen LogP contribution is 2.38. The predicted molar refractivity (Wildman–Crippen MR) is 80.1 cm³/mol. The van der Waals surface area contributed by atoms with Crippen molar-refractivity contribution in [3.63, 3.8) is 0 Å². The second-order valence-corrected chi connectivity index (χ2v) is 7.74. The molecule has 1 aromatic heterocycles. The summed E-state index contributed by atoms with van der Waals surface area (Å²) in [6.45, 7) is 10.9. The Balaban J connectivity index is 1.96. The van der Waals surface area contributed by atoms with Crippen molar-refractivity contribution in [3.05, 3.63) is 21.9 Å². The van der Waals surface area contributed by atoms with Crippen LogP contribution in [0.15, 0.2) is 12.1 Å². The average Bonchev–Trinajstić information content (AvgIpc) is 2.80. The van der Waals surface area contributed by atoms with Crippen LogP contribution in [0.5, 0.6) is 0 Å². The molecule has 0 aliphatic heterocycles. The van der Waals surface area contributed by atoms with Gasteiger partial charge < -0.3 is 11.1 Å². The van der Waals surface area contributed by atoms with Gasteiger partial charge in [0.2, 0.25) is 0 Å². The number of hydrogen-bond donors (Lipinski definition) is 2. The zero-order chi connectivity index (χ0) is 13.3. The van der Waals surface area contributed by atoms with Crippen LogP contribution in [0.25, 0.3) is 0 Å². The van der Waals surface area contributed by atoms with Gasteiger partial charge in [0.15, 0.2) is 0 Å². The molecule has 1 fully saturated rings. The number of thiophene rings is 1. The van der Waals surface area contributed by atoms with E-state index in [1.807, 2.05) is 11.3 Å². The van der Waals surface area contributed by atoms with E-state index in [-0.39, 0.29) is 5.41 Å². The maximum atomic E-state index is 5.91. The summed E-state index contributed by atoms with van der Waals surface area (Å²) in [6.07, 6.45) is 1.38. The summed E-state index contributed by atoms with van der Waals surface area (Å²) >= 11 is 1.90. The molecule has 0 saturated heterocycles. The van der Waals surface area contributed by atoms with E-state index < -0.39 is 0 Å². The first-order valence-corrected chi connectivity index (χ1v) is 7.77. The maximum Gasteiger partial charge on any atom is 0.0539 e. The molecule has 0 spiro atoms. The minimum atomic E-state index is 0.243. The SMILES string of the molecule is CC1CC1CNC(CN)c1ccc(C(C)(C)C)s1. The Morgan fingerprint density at radius 1 is 1.44 bits per heavy atom. The van der Waals surface area contributed by atoms with E-state index in [1.54, 1.807) is 0 Å². The third kappa shape index (κ3) is 3.34. The molecule has 1 saturated carbocycles. The van der Waals surface area contributed by atoms with Gasteiger partial charge in [0.1, 0.15) is 0 Å². The van der Waals surface area contributed by atoms with Gasteiger partial charge in [-0.3, -0.25) is 0 Å². The second kappa shape index (κ2) is 5.32. The highest BCUT2D eigenvalue weighted by molar-refractivity contribution is 7.12. The molecule has 1 aliphatic rings. The van der Waals surface area contributed by atoms with Gasteiger partial charge in [-0.1, -0.05) is 27.7 Å². The molecule has 1 heterocycles. The lowest BCUT2D eigenvalue weighted by atomic mass is 9.95. The van der Waals surface area contributed by atoms with Gasteiger partial charge in [-0.25, -0.2) is 0 Å². The fraction of sp³-hybridized carbons (Fsp3) is 0.733. The molecule has 3 atom stereocenters. The van der Waals surface area contributed by atoms with E-state index in [0.29, 0.717) is 12.6 Å². The van der Waals surface area contributed by atoms with Crippen LogP contribution in [0.4, 0.5) is 0 Å². The van der Waals surface area contributed by atoms with Crippen molar-refractivity contribution in [2.24, 2.45) is 17.6 Å². The van der Waals surface area contributed by atoms with Crippen LogP contribution in [0.2, 0.25) is 0 Å². The van der Waals surface area contributed by atoms with Gasteiger partial charge in [0.05, 0.1) is 6.04 Å². The Bertz CT molecular complexity index is 391. The highest BCUT2D eigenvalue weighted by Gasteiger charge is 2.32. The topological polar surface area (TPSA) is 38.0 Å². The van der Waals surface area contributed by atoms with Crippen LogP contribution in [-0.2, 0) is 5.41 Å². The molecule has 102 valence electrons. The summed E-state index contributed by atoms with van der Waals surface area (Å²) in [5, 5.41) is 3.63. The Hall–Kier alpha value is -0.380. The summed E-state index contributed by atoms with van der Waals surface area (Å²) in [5.41, 5.74) is 6.15. The van der Waals surface area contributed by atoms with Crippen molar-refractivity contribution in [2.75, 3.05) is 13.1 Å². The molecule has 3 unspecified atom stereocenters. The molecular weight excluding hydrogens is 240 g/mol. The van der Waals surface area contributed by atoms with Gasteiger partial charge in [0.25, 0.3) is 0 Å². The summed E-state index contributed by atoms with van der Waals surface area (Å²) < 4.78 is 0. The van der Waals surface area contributed by atoms with Crippen molar-refractivity contribution in [1.29, 1.82) is 0 Å². The third-order valence-corrected chi connectivity index (χ3v) is 5.47. The molecule has 3 heteroatoms. The van der Waals surface area contributed by atoms with E-state index in [4.69, 9.17) is 5.73 Å². The van der Waals surface area contributed by atoms with Gasteiger partial charge in [-0.15, -0.1) is 11.3 Å². The summed E-state index contributed by atoms with van der Waals surface area (Å²) in [5.74, 6) is 1.78. The minimum Gasteiger partial charge on any atom is -0.329 e. The van der Waals surface area contributed by atoms with E-state index in [1.165, 1.54) is 16.2 Å². The molecule has 1 aromatic rings. The second-order valence-electron chi connectivity index (χ2n) is 6.62. The molecular formula is C15H26N2S. The van der Waals surface area contributed by atoms with Crippen LogP contribution in [0.3, 0.4) is 0 Å². The first-order valence-electron chi connectivity index (χ1n) is 6.95. The Kier molecular flexibility index (Phi) is 4.15. The maximum absolute atomic E-state index is 5.91. The van der Waals surface area contributed by atoms with Crippen LogP contribution in [0.1, 0.15) is 49.9 Å². The lowest BCUT2D eigenvalue weighted by Gasteiger charge is -2.17. The smallest absolute Gasteiger partial charge is 0.0539 e. The monoisotopic (exact) mass is 266 g/mol. The predicted octanol–water partition coefficient (Wildman–Crippen LogP) is 3.29. The highest BCUT2D eigenvalue weighted by atomic mass is 32.1. The molecule has 1 aliphatic carbocycles. The van der Waals surface area contributed by atoms with Crippen molar-refractivity contribution >= 4 is 11.3 Å². The lowest BCUT2D eigenvalue weighted by molar-refractivity contribution is 0.517. The van der Waals surface area contributed by atoms with Gasteiger partial charge in [-0.05, 0) is 42.3 Å². The number of rotatable bonds is 5. The van der Waals surface area contributed by atoms with Crippen molar-refractivity contribution < 1.29 is 0 Å². The molecule has 0 bridgehead atoms. The lowest BCUT2D eigenvalue weighted by Crippen LogP contribution is -2.29. The van der Waals surface area contributed by atoms with Crippen molar-refractivity contribution in [3.8, 4) is 0 Å². The molecule has 2 rings (SSSR count). The molecule has 2 nitrogen and oxygen atoms in total.